The van der Waals surface area contributed by atoms with Gasteiger partial charge in [-0.15, -0.1) is 0 Å². The van der Waals surface area contributed by atoms with Crippen LogP contribution in [-0.2, 0) is 16.8 Å². The molecule has 1 nitrogen and oxygen atoms in total. The molecular formula is C17H33NSiTi. The third-order valence-electron chi connectivity index (χ3n) is 5.11. The van der Waals surface area contributed by atoms with E-state index in [2.05, 4.69) is 86.0 Å². The van der Waals surface area contributed by atoms with E-state index in [0.29, 0.717) is 4.22 Å². The predicted molar refractivity (Wildman–Crippen MR) is 93.1 cm³/mol. The van der Waals surface area contributed by atoms with Crippen molar-refractivity contribution in [3.05, 3.63) is 22.8 Å². The van der Waals surface area contributed by atoms with Crippen molar-refractivity contribution in [3.8, 4) is 0 Å². The Balaban J connectivity index is 3.52. The van der Waals surface area contributed by atoms with E-state index in [1.54, 1.807) is 5.57 Å². The van der Waals surface area contributed by atoms with Crippen molar-refractivity contribution < 1.29 is 16.8 Å². The van der Waals surface area contributed by atoms with Gasteiger partial charge < -0.3 is 0 Å². The molecule has 0 aromatic rings. The van der Waals surface area contributed by atoms with Crippen molar-refractivity contribution in [2.45, 2.75) is 75.8 Å². The topological polar surface area (TPSA) is 12.0 Å². The summed E-state index contributed by atoms with van der Waals surface area (Å²) in [5, 5.41) is 0. The van der Waals surface area contributed by atoms with Crippen LogP contribution in [0.2, 0.25) is 7.94 Å². The van der Waals surface area contributed by atoms with Crippen molar-refractivity contribution in [1.29, 1.82) is 0 Å². The first-order valence-electron chi connectivity index (χ1n) is 7.72. The van der Waals surface area contributed by atoms with Crippen LogP contribution >= 0.6 is 0 Å². The summed E-state index contributed by atoms with van der Waals surface area (Å²) in [6.45, 7) is 21.1. The average molecular weight is 327 g/mol. The van der Waals surface area contributed by atoms with Crippen LogP contribution < -0.4 is 3.80 Å². The Morgan fingerprint density at radius 3 is 2.00 bits per heavy atom. The van der Waals surface area contributed by atoms with Gasteiger partial charge in [0.2, 0.25) is 0 Å². The van der Waals surface area contributed by atoms with Gasteiger partial charge in [-0.25, -0.2) is 0 Å². The first kappa shape index (κ1) is 18.3. The van der Waals surface area contributed by atoms with Crippen LogP contribution in [0.5, 0.6) is 0 Å². The van der Waals surface area contributed by atoms with Gasteiger partial charge in [-0.1, -0.05) is 0 Å². The monoisotopic (exact) mass is 327 g/mol. The molecule has 114 valence electrons. The SMILES string of the molecule is CC1=C[C](C)([Ti]([CH]=[SiH2])([NH]C(C)(C)C)[CH](C)C)C(C)=C1C. The molecule has 2 atom stereocenters. The van der Waals surface area contributed by atoms with Crippen LogP contribution in [0.4, 0.5) is 0 Å². The van der Waals surface area contributed by atoms with E-state index in [-0.39, 0.29) is 9.26 Å². The van der Waals surface area contributed by atoms with E-state index < -0.39 is 16.8 Å². The normalized spacial score (nSPS) is 26.8. The second-order valence-corrected chi connectivity index (χ2v) is 16.7. The molecule has 0 saturated carbocycles. The molecule has 20 heavy (non-hydrogen) atoms. The fraction of sp³-hybridized carbons (Fsp3) is 0.706. The molecule has 1 rings (SSSR count). The fourth-order valence-corrected chi connectivity index (χ4v) is 16.1. The molecule has 0 saturated heterocycles. The molecule has 1 N–H and O–H groups in total. The molecule has 0 aromatic carbocycles. The van der Waals surface area contributed by atoms with Crippen LogP contribution in [0.25, 0.3) is 0 Å². The van der Waals surface area contributed by atoms with E-state index in [1.165, 1.54) is 11.1 Å². The molecule has 0 bridgehead atoms. The number of hydrogen-bond acceptors (Lipinski definition) is 1. The summed E-state index contributed by atoms with van der Waals surface area (Å²) in [5.41, 5.74) is 4.73. The Morgan fingerprint density at radius 1 is 1.25 bits per heavy atom. The Hall–Kier alpha value is 0.241. The van der Waals surface area contributed by atoms with Gasteiger partial charge in [-0.3, -0.25) is 0 Å². The maximum absolute atomic E-state index is 4.13. The summed E-state index contributed by atoms with van der Waals surface area (Å²) in [6.07, 6.45) is 2.56. The van der Waals surface area contributed by atoms with Gasteiger partial charge in [0.15, 0.2) is 0 Å². The molecule has 0 radical (unpaired) electrons. The van der Waals surface area contributed by atoms with Crippen molar-refractivity contribution in [3.63, 3.8) is 0 Å². The second kappa shape index (κ2) is 5.79. The zero-order valence-corrected chi connectivity index (χ0v) is 17.9. The van der Waals surface area contributed by atoms with Gasteiger partial charge in [0, 0.05) is 0 Å². The molecule has 1 aliphatic carbocycles. The Kier molecular flexibility index (Phi) is 5.30. The Bertz CT molecular complexity index is 470. The van der Waals surface area contributed by atoms with E-state index in [1.807, 2.05) is 0 Å². The van der Waals surface area contributed by atoms with Gasteiger partial charge in [0.1, 0.15) is 0 Å². The fourth-order valence-electron chi connectivity index (χ4n) is 3.76. The molecule has 2 unspecified atom stereocenters. The first-order chi connectivity index (χ1) is 8.91. The molecule has 0 aliphatic heterocycles. The zero-order chi connectivity index (χ0) is 15.9. The van der Waals surface area contributed by atoms with E-state index >= 15 is 0 Å². The van der Waals surface area contributed by atoms with Crippen LogP contribution in [-0.4, -0.2) is 19.4 Å². The van der Waals surface area contributed by atoms with Crippen molar-refractivity contribution in [2.24, 2.45) is 0 Å². The molecule has 0 spiro atoms. The molecule has 0 aromatic heterocycles. The summed E-state index contributed by atoms with van der Waals surface area (Å²) in [5.74, 6) is 0. The standard InChI is InChI=1S/C9H13.C4H10N.C3H7.CH3Si.Ti/c1-6-5-7(2)9(4)8(6)3;1-4(2,3)5;1-3-2;1-2;/h5H,1-4H3;5H,1-3H3;3H,1-2H3;1H,2H2;/q;-1;;;+1. The quantitative estimate of drug-likeness (QED) is 0.765. The predicted octanol–water partition coefficient (Wildman–Crippen LogP) is 4.14. The zero-order valence-electron chi connectivity index (χ0n) is 14.9. The van der Waals surface area contributed by atoms with Crippen molar-refractivity contribution >= 4 is 13.8 Å². The van der Waals surface area contributed by atoms with Crippen LogP contribution in [0, 0.1) is 0 Å². The minimum absolute atomic E-state index is 0.169. The van der Waals surface area contributed by atoms with E-state index in [4.69, 9.17) is 0 Å². The Morgan fingerprint density at radius 2 is 1.75 bits per heavy atom. The summed E-state index contributed by atoms with van der Waals surface area (Å²) < 4.78 is 7.68. The van der Waals surface area contributed by atoms with E-state index in [9.17, 15) is 0 Å². The van der Waals surface area contributed by atoms with Crippen LogP contribution in [0.1, 0.15) is 62.3 Å². The van der Waals surface area contributed by atoms with Crippen LogP contribution in [0.15, 0.2) is 22.8 Å². The minimum atomic E-state index is -2.45. The third-order valence-corrected chi connectivity index (χ3v) is 16.9. The third kappa shape index (κ3) is 2.90. The summed E-state index contributed by atoms with van der Waals surface area (Å²) in [7, 11) is 2.06. The first-order valence-corrected chi connectivity index (χ1v) is 11.9. The molecule has 3 heteroatoms. The summed E-state index contributed by atoms with van der Waals surface area (Å²) in [6, 6.07) is 0. The second-order valence-electron chi connectivity index (χ2n) is 7.88. The molecule has 0 heterocycles. The molecule has 0 fully saturated rings. The van der Waals surface area contributed by atoms with Gasteiger partial charge in [0.25, 0.3) is 0 Å². The van der Waals surface area contributed by atoms with Gasteiger partial charge in [0.05, 0.1) is 0 Å². The van der Waals surface area contributed by atoms with Crippen molar-refractivity contribution in [1.82, 2.24) is 3.80 Å². The average Bonchev–Trinajstić information content (AvgIpc) is 2.50. The summed E-state index contributed by atoms with van der Waals surface area (Å²) >= 11 is -2.45. The van der Waals surface area contributed by atoms with Gasteiger partial charge in [-0.05, 0) is 0 Å². The van der Waals surface area contributed by atoms with E-state index in [0.717, 1.165) is 0 Å². The van der Waals surface area contributed by atoms with Gasteiger partial charge >= 0.3 is 133 Å². The summed E-state index contributed by atoms with van der Waals surface area (Å²) in [4.78, 5) is 0. The van der Waals surface area contributed by atoms with Crippen LogP contribution in [0.3, 0.4) is 0 Å². The number of rotatable bonds is 4. The number of nitrogens with one attached hydrogen (secondary N) is 1. The molecule has 1 aliphatic rings. The molecule has 0 amide bonds. The Labute approximate surface area is 133 Å². The maximum atomic E-state index is 4.13. The van der Waals surface area contributed by atoms with Gasteiger partial charge in [-0.2, -0.15) is 0 Å². The van der Waals surface area contributed by atoms with Crippen molar-refractivity contribution in [2.75, 3.05) is 0 Å². The molecular weight excluding hydrogens is 294 g/mol. The number of hydrogen-bond donors (Lipinski definition) is 1. The number of allylic oxidation sites excluding steroid dienone is 4.